The molecule has 2 nitrogen and oxygen atoms in total. The monoisotopic (exact) mass is 214 g/mol. The van der Waals surface area contributed by atoms with Crippen molar-refractivity contribution in [3.05, 3.63) is 30.1 Å². The van der Waals surface area contributed by atoms with Gasteiger partial charge in [0.05, 0.1) is 11.0 Å². The van der Waals surface area contributed by atoms with E-state index >= 15 is 0 Å². The number of rotatable bonds is 2. The maximum Gasteiger partial charge on any atom is 0.113 e. The van der Waals surface area contributed by atoms with Crippen LogP contribution in [0.2, 0.25) is 0 Å². The Morgan fingerprint density at radius 2 is 2.19 bits per heavy atom. The van der Waals surface area contributed by atoms with Crippen LogP contribution in [0.1, 0.15) is 38.4 Å². The Balaban J connectivity index is 2.05. The number of nitrogens with zero attached hydrogens (tertiary/aromatic N) is 2. The van der Waals surface area contributed by atoms with E-state index in [0.29, 0.717) is 5.92 Å². The maximum absolute atomic E-state index is 4.79. The molecule has 1 aliphatic heterocycles. The third-order valence-electron chi connectivity index (χ3n) is 3.51. The van der Waals surface area contributed by atoms with Crippen LogP contribution in [-0.2, 0) is 6.54 Å². The first-order valence-corrected chi connectivity index (χ1v) is 6.21. The molecule has 0 amide bonds. The first kappa shape index (κ1) is 9.88. The van der Waals surface area contributed by atoms with E-state index in [-0.39, 0.29) is 0 Å². The van der Waals surface area contributed by atoms with Gasteiger partial charge in [-0.15, -0.1) is 0 Å². The minimum absolute atomic E-state index is 0.674. The van der Waals surface area contributed by atoms with Crippen LogP contribution in [0.4, 0.5) is 0 Å². The summed E-state index contributed by atoms with van der Waals surface area (Å²) < 4.78 is 2.41. The second kappa shape index (κ2) is 3.62. The molecule has 1 aromatic carbocycles. The maximum atomic E-state index is 4.79. The van der Waals surface area contributed by atoms with Crippen LogP contribution in [-0.4, -0.2) is 9.55 Å². The Kier molecular flexibility index (Phi) is 2.23. The van der Waals surface area contributed by atoms with E-state index in [4.69, 9.17) is 4.98 Å². The second-order valence-electron chi connectivity index (χ2n) is 5.23. The largest absolute Gasteiger partial charge is 0.328 e. The Bertz CT molecular complexity index is 510. The van der Waals surface area contributed by atoms with E-state index in [1.807, 2.05) is 0 Å². The first-order valence-electron chi connectivity index (χ1n) is 6.21. The zero-order valence-electron chi connectivity index (χ0n) is 9.98. The molecule has 0 fully saturated rings. The topological polar surface area (TPSA) is 17.8 Å². The van der Waals surface area contributed by atoms with Crippen molar-refractivity contribution in [2.24, 2.45) is 5.92 Å². The van der Waals surface area contributed by atoms with Crippen molar-refractivity contribution >= 4 is 11.0 Å². The third kappa shape index (κ3) is 1.44. The highest BCUT2D eigenvalue weighted by Gasteiger charge is 2.26. The van der Waals surface area contributed by atoms with Crippen LogP contribution in [0.15, 0.2) is 24.3 Å². The molecular formula is C14H18N2. The van der Waals surface area contributed by atoms with E-state index in [1.54, 1.807) is 0 Å². The third-order valence-corrected chi connectivity index (χ3v) is 3.51. The van der Waals surface area contributed by atoms with Gasteiger partial charge in [0.15, 0.2) is 0 Å². The van der Waals surface area contributed by atoms with Crippen molar-refractivity contribution in [3.63, 3.8) is 0 Å². The van der Waals surface area contributed by atoms with E-state index < -0.39 is 0 Å². The molecular weight excluding hydrogens is 196 g/mol. The van der Waals surface area contributed by atoms with Crippen molar-refractivity contribution in [2.45, 2.75) is 39.2 Å². The van der Waals surface area contributed by atoms with Crippen molar-refractivity contribution in [1.82, 2.24) is 9.55 Å². The van der Waals surface area contributed by atoms with Crippen LogP contribution >= 0.6 is 0 Å². The molecule has 2 heterocycles. The number of hydrogen-bond acceptors (Lipinski definition) is 1. The van der Waals surface area contributed by atoms with Gasteiger partial charge in [0.1, 0.15) is 5.82 Å². The molecule has 0 bridgehead atoms. The number of aromatic nitrogens is 2. The van der Waals surface area contributed by atoms with Crippen LogP contribution in [0, 0.1) is 5.92 Å². The number of para-hydroxylation sites is 2. The molecule has 1 aromatic heterocycles. The van der Waals surface area contributed by atoms with Crippen molar-refractivity contribution in [1.29, 1.82) is 0 Å². The van der Waals surface area contributed by atoms with Gasteiger partial charge in [-0.1, -0.05) is 26.0 Å². The molecule has 0 saturated heterocycles. The molecule has 0 spiro atoms. The van der Waals surface area contributed by atoms with Gasteiger partial charge in [0.25, 0.3) is 0 Å². The molecule has 1 atom stereocenters. The van der Waals surface area contributed by atoms with Crippen molar-refractivity contribution in [2.75, 3.05) is 0 Å². The number of benzene rings is 1. The van der Waals surface area contributed by atoms with Gasteiger partial charge in [-0.3, -0.25) is 0 Å². The molecule has 0 radical (unpaired) electrons. The summed E-state index contributed by atoms with van der Waals surface area (Å²) in [6.45, 7) is 5.74. The van der Waals surface area contributed by atoms with Crippen molar-refractivity contribution < 1.29 is 0 Å². The molecule has 1 aliphatic rings. The minimum Gasteiger partial charge on any atom is -0.328 e. The minimum atomic E-state index is 0.674. The van der Waals surface area contributed by atoms with Gasteiger partial charge in [-0.2, -0.15) is 0 Å². The summed E-state index contributed by atoms with van der Waals surface area (Å²) in [6.07, 6.45) is 2.54. The quantitative estimate of drug-likeness (QED) is 0.747. The van der Waals surface area contributed by atoms with Gasteiger partial charge in [0, 0.05) is 12.5 Å². The average molecular weight is 214 g/mol. The molecule has 0 saturated carbocycles. The lowest BCUT2D eigenvalue weighted by Gasteiger charge is -2.10. The van der Waals surface area contributed by atoms with Gasteiger partial charge >= 0.3 is 0 Å². The van der Waals surface area contributed by atoms with Crippen LogP contribution in [0.5, 0.6) is 0 Å². The number of hydrogen-bond donors (Lipinski definition) is 0. The van der Waals surface area contributed by atoms with E-state index in [1.165, 1.54) is 24.2 Å². The highest BCUT2D eigenvalue weighted by molar-refractivity contribution is 5.76. The van der Waals surface area contributed by atoms with Crippen molar-refractivity contribution in [3.8, 4) is 0 Å². The number of fused-ring (bicyclic) bond motifs is 3. The van der Waals surface area contributed by atoms with Gasteiger partial charge < -0.3 is 4.57 Å². The summed E-state index contributed by atoms with van der Waals surface area (Å²) in [7, 11) is 0. The predicted molar refractivity (Wildman–Crippen MR) is 66.5 cm³/mol. The first-order chi connectivity index (χ1) is 7.75. The lowest BCUT2D eigenvalue weighted by molar-refractivity contribution is 0.491. The number of aryl methyl sites for hydroxylation is 1. The fourth-order valence-corrected chi connectivity index (χ4v) is 2.85. The second-order valence-corrected chi connectivity index (χ2v) is 5.23. The Morgan fingerprint density at radius 1 is 1.38 bits per heavy atom. The normalized spacial score (nSPS) is 19.6. The van der Waals surface area contributed by atoms with Crippen LogP contribution in [0.25, 0.3) is 11.0 Å². The Labute approximate surface area is 96.3 Å². The van der Waals surface area contributed by atoms with Crippen LogP contribution < -0.4 is 0 Å². The summed E-state index contributed by atoms with van der Waals surface area (Å²) in [5.74, 6) is 2.75. The lowest BCUT2D eigenvalue weighted by Crippen LogP contribution is -2.00. The predicted octanol–water partition coefficient (Wildman–Crippen LogP) is 3.57. The van der Waals surface area contributed by atoms with E-state index in [0.717, 1.165) is 18.0 Å². The van der Waals surface area contributed by atoms with Crippen LogP contribution in [0.3, 0.4) is 0 Å². The van der Waals surface area contributed by atoms with E-state index in [2.05, 4.69) is 42.7 Å². The summed E-state index contributed by atoms with van der Waals surface area (Å²) in [5.41, 5.74) is 2.47. The standard InChI is InChI=1S/C14H18N2/c1-10(2)9-11-7-8-16-13-6-4-3-5-12(13)15-14(11)16/h3-6,10-11H,7-9H2,1-2H3/t11-/m0/s1. The molecule has 16 heavy (non-hydrogen) atoms. The lowest BCUT2D eigenvalue weighted by atomic mass is 9.96. The summed E-state index contributed by atoms with van der Waals surface area (Å²) in [5, 5.41) is 0. The molecule has 3 rings (SSSR count). The summed E-state index contributed by atoms with van der Waals surface area (Å²) in [6, 6.07) is 8.48. The Morgan fingerprint density at radius 3 is 3.00 bits per heavy atom. The molecule has 84 valence electrons. The van der Waals surface area contributed by atoms with E-state index in [9.17, 15) is 0 Å². The fourth-order valence-electron chi connectivity index (χ4n) is 2.85. The molecule has 2 aromatic rings. The van der Waals surface area contributed by atoms with Gasteiger partial charge in [0.2, 0.25) is 0 Å². The molecule has 0 aliphatic carbocycles. The summed E-state index contributed by atoms with van der Waals surface area (Å²) in [4.78, 5) is 4.79. The highest BCUT2D eigenvalue weighted by Crippen LogP contribution is 2.35. The zero-order chi connectivity index (χ0) is 11.1. The smallest absolute Gasteiger partial charge is 0.113 e. The molecule has 0 unspecified atom stereocenters. The zero-order valence-corrected chi connectivity index (χ0v) is 9.98. The molecule has 2 heteroatoms. The highest BCUT2D eigenvalue weighted by atomic mass is 15.1. The van der Waals surface area contributed by atoms with Gasteiger partial charge in [-0.25, -0.2) is 4.98 Å². The SMILES string of the molecule is CC(C)C[C@@H]1CCn2c1nc1ccccc12. The average Bonchev–Trinajstić information content (AvgIpc) is 2.78. The molecule has 0 N–H and O–H groups in total. The Hall–Kier alpha value is -1.31. The van der Waals surface area contributed by atoms with Gasteiger partial charge in [-0.05, 0) is 30.9 Å². The summed E-state index contributed by atoms with van der Waals surface area (Å²) >= 11 is 0. The number of imidazole rings is 1. The fraction of sp³-hybridized carbons (Fsp3) is 0.500.